The van der Waals surface area contributed by atoms with Crippen molar-refractivity contribution in [3.05, 3.63) is 12.2 Å². The molecule has 1 aliphatic rings. The fraction of sp³-hybridized carbons (Fsp3) is 0.750. The molecule has 0 aliphatic heterocycles. The van der Waals surface area contributed by atoms with E-state index in [1.54, 1.807) is 6.33 Å². The van der Waals surface area contributed by atoms with Crippen molar-refractivity contribution < 1.29 is 0 Å². The largest absolute Gasteiger partial charge is 0.328 e. The molecule has 74 valence electrons. The molecule has 1 fully saturated rings. The number of rotatable bonds is 1. The van der Waals surface area contributed by atoms with E-state index in [-0.39, 0.29) is 12.4 Å². The summed E-state index contributed by atoms with van der Waals surface area (Å²) in [4.78, 5) is 4.16. The Labute approximate surface area is 83.7 Å². The molecule has 4 nitrogen and oxygen atoms in total. The Morgan fingerprint density at radius 3 is 2.54 bits per heavy atom. The number of nitrogens with two attached hydrogens (primary N) is 1. The van der Waals surface area contributed by atoms with Crippen LogP contribution in [0, 0.1) is 0 Å². The van der Waals surface area contributed by atoms with E-state index < -0.39 is 0 Å². The first kappa shape index (κ1) is 10.5. The summed E-state index contributed by atoms with van der Waals surface area (Å²) in [5, 5.41) is 6.77. The van der Waals surface area contributed by atoms with Crippen LogP contribution in [0.25, 0.3) is 0 Å². The van der Waals surface area contributed by atoms with E-state index in [0.717, 1.165) is 31.5 Å². The van der Waals surface area contributed by atoms with Crippen LogP contribution >= 0.6 is 12.4 Å². The molecule has 0 amide bonds. The van der Waals surface area contributed by atoms with Gasteiger partial charge in [-0.05, 0) is 25.7 Å². The maximum Gasteiger partial charge on any atom is 0.137 e. The van der Waals surface area contributed by atoms with Crippen LogP contribution in [0.2, 0.25) is 0 Å². The van der Waals surface area contributed by atoms with E-state index in [1.807, 2.05) is 0 Å². The summed E-state index contributed by atoms with van der Waals surface area (Å²) in [5.74, 6) is 1.59. The molecule has 0 aromatic carbocycles. The number of nitrogens with zero attached hydrogens (tertiary/aromatic N) is 2. The molecule has 5 heteroatoms. The molecule has 1 aromatic heterocycles. The van der Waals surface area contributed by atoms with Gasteiger partial charge in [0.2, 0.25) is 0 Å². The molecule has 3 N–H and O–H groups in total. The SMILES string of the molecule is Cl.NC1CCC(c2ncn[nH]2)CC1. The lowest BCUT2D eigenvalue weighted by atomic mass is 9.86. The molecule has 0 atom stereocenters. The van der Waals surface area contributed by atoms with E-state index in [1.165, 1.54) is 0 Å². The number of aromatic nitrogens is 3. The number of hydrogen-bond acceptors (Lipinski definition) is 3. The molecule has 0 radical (unpaired) electrons. The smallest absolute Gasteiger partial charge is 0.137 e. The molecule has 13 heavy (non-hydrogen) atoms. The first-order chi connectivity index (χ1) is 5.86. The van der Waals surface area contributed by atoms with Crippen molar-refractivity contribution in [2.24, 2.45) is 5.73 Å². The second-order valence-corrected chi connectivity index (χ2v) is 3.48. The van der Waals surface area contributed by atoms with E-state index in [9.17, 15) is 0 Å². The molecular weight excluding hydrogens is 188 g/mol. The standard InChI is InChI=1S/C8H14N4.ClH/c9-7-3-1-6(2-4-7)8-10-5-11-12-8;/h5-7H,1-4,9H2,(H,10,11,12);1H. The van der Waals surface area contributed by atoms with Crippen molar-refractivity contribution in [3.63, 3.8) is 0 Å². The zero-order chi connectivity index (χ0) is 8.39. The summed E-state index contributed by atoms with van der Waals surface area (Å²) in [6.07, 6.45) is 6.10. The monoisotopic (exact) mass is 202 g/mol. The Morgan fingerprint density at radius 1 is 1.31 bits per heavy atom. The third-order valence-corrected chi connectivity index (χ3v) is 2.59. The first-order valence-corrected chi connectivity index (χ1v) is 4.47. The third-order valence-electron chi connectivity index (χ3n) is 2.59. The van der Waals surface area contributed by atoms with Crippen molar-refractivity contribution >= 4 is 12.4 Å². The van der Waals surface area contributed by atoms with Gasteiger partial charge in [-0.15, -0.1) is 12.4 Å². The van der Waals surface area contributed by atoms with Crippen LogP contribution in [0.3, 0.4) is 0 Å². The van der Waals surface area contributed by atoms with Gasteiger partial charge in [0, 0.05) is 12.0 Å². The fourth-order valence-corrected chi connectivity index (χ4v) is 1.80. The minimum atomic E-state index is 0. The number of H-pyrrole nitrogens is 1. The van der Waals surface area contributed by atoms with Gasteiger partial charge in [-0.3, -0.25) is 5.10 Å². The lowest BCUT2D eigenvalue weighted by Gasteiger charge is -2.23. The molecule has 0 unspecified atom stereocenters. The summed E-state index contributed by atoms with van der Waals surface area (Å²) in [5.41, 5.74) is 5.80. The molecular formula is C8H15ClN4. The minimum Gasteiger partial charge on any atom is -0.328 e. The predicted octanol–water partition coefficient (Wildman–Crippen LogP) is 1.21. The van der Waals surface area contributed by atoms with E-state index in [0.29, 0.717) is 12.0 Å². The summed E-state index contributed by atoms with van der Waals surface area (Å²) in [7, 11) is 0. The van der Waals surface area contributed by atoms with E-state index in [4.69, 9.17) is 5.73 Å². The zero-order valence-corrected chi connectivity index (χ0v) is 8.26. The zero-order valence-electron chi connectivity index (χ0n) is 7.44. The van der Waals surface area contributed by atoms with Gasteiger partial charge >= 0.3 is 0 Å². The molecule has 0 saturated heterocycles. The third kappa shape index (κ3) is 2.42. The highest BCUT2D eigenvalue weighted by Gasteiger charge is 2.21. The minimum absolute atomic E-state index is 0. The highest BCUT2D eigenvalue weighted by Crippen LogP contribution is 2.29. The summed E-state index contributed by atoms with van der Waals surface area (Å²) in [6, 6.07) is 0.407. The molecule has 0 bridgehead atoms. The van der Waals surface area contributed by atoms with Crippen LogP contribution in [0.4, 0.5) is 0 Å². The van der Waals surface area contributed by atoms with Gasteiger partial charge in [0.25, 0.3) is 0 Å². The van der Waals surface area contributed by atoms with Gasteiger partial charge in [0.1, 0.15) is 12.2 Å². The number of aromatic amines is 1. The van der Waals surface area contributed by atoms with Crippen LogP contribution in [0.1, 0.15) is 37.4 Å². The second kappa shape index (κ2) is 4.58. The Balaban J connectivity index is 0.000000845. The van der Waals surface area contributed by atoms with E-state index in [2.05, 4.69) is 15.2 Å². The quantitative estimate of drug-likeness (QED) is 0.720. The van der Waals surface area contributed by atoms with E-state index >= 15 is 0 Å². The average Bonchev–Trinajstić information content (AvgIpc) is 2.58. The van der Waals surface area contributed by atoms with Crippen LogP contribution in [-0.2, 0) is 0 Å². The van der Waals surface area contributed by atoms with Gasteiger partial charge in [-0.25, -0.2) is 4.98 Å². The topological polar surface area (TPSA) is 67.6 Å². The van der Waals surface area contributed by atoms with Gasteiger partial charge < -0.3 is 5.73 Å². The van der Waals surface area contributed by atoms with Gasteiger partial charge in [0.15, 0.2) is 0 Å². The lowest BCUT2D eigenvalue weighted by Crippen LogP contribution is -2.26. The van der Waals surface area contributed by atoms with Crippen LogP contribution in [0.5, 0.6) is 0 Å². The highest BCUT2D eigenvalue weighted by molar-refractivity contribution is 5.85. The van der Waals surface area contributed by atoms with Gasteiger partial charge in [-0.1, -0.05) is 0 Å². The van der Waals surface area contributed by atoms with Crippen molar-refractivity contribution in [2.45, 2.75) is 37.6 Å². The summed E-state index contributed by atoms with van der Waals surface area (Å²) in [6.45, 7) is 0. The lowest BCUT2D eigenvalue weighted by molar-refractivity contribution is 0.385. The van der Waals surface area contributed by atoms with Crippen molar-refractivity contribution in [1.82, 2.24) is 15.2 Å². The summed E-state index contributed by atoms with van der Waals surface area (Å²) >= 11 is 0. The molecule has 1 saturated carbocycles. The van der Waals surface area contributed by atoms with Crippen molar-refractivity contribution in [2.75, 3.05) is 0 Å². The van der Waals surface area contributed by atoms with Crippen molar-refractivity contribution in [1.29, 1.82) is 0 Å². The molecule has 1 heterocycles. The van der Waals surface area contributed by atoms with Gasteiger partial charge in [-0.2, -0.15) is 5.10 Å². The van der Waals surface area contributed by atoms with Crippen LogP contribution < -0.4 is 5.73 Å². The summed E-state index contributed by atoms with van der Waals surface area (Å²) < 4.78 is 0. The molecule has 0 spiro atoms. The maximum absolute atomic E-state index is 5.80. The Kier molecular flexibility index (Phi) is 3.69. The molecule has 1 aromatic rings. The average molecular weight is 203 g/mol. The van der Waals surface area contributed by atoms with Crippen molar-refractivity contribution in [3.8, 4) is 0 Å². The predicted molar refractivity (Wildman–Crippen MR) is 52.8 cm³/mol. The Hall–Kier alpha value is -0.610. The first-order valence-electron chi connectivity index (χ1n) is 4.47. The second-order valence-electron chi connectivity index (χ2n) is 3.48. The highest BCUT2D eigenvalue weighted by atomic mass is 35.5. The van der Waals surface area contributed by atoms with Crippen LogP contribution in [0.15, 0.2) is 6.33 Å². The molecule has 1 aliphatic carbocycles. The number of halogens is 1. The fourth-order valence-electron chi connectivity index (χ4n) is 1.80. The Morgan fingerprint density at radius 2 is 2.00 bits per heavy atom. The van der Waals surface area contributed by atoms with Gasteiger partial charge in [0.05, 0.1) is 0 Å². The van der Waals surface area contributed by atoms with Crippen LogP contribution in [-0.4, -0.2) is 21.2 Å². The normalized spacial score (nSPS) is 28.1. The Bertz CT molecular complexity index is 228. The maximum atomic E-state index is 5.80. The number of nitrogens with one attached hydrogen (secondary N) is 1. The number of hydrogen-bond donors (Lipinski definition) is 2. The molecule has 2 rings (SSSR count).